The maximum absolute atomic E-state index is 10.5. The fourth-order valence-corrected chi connectivity index (χ4v) is 0.864. The number of carboxylic acids is 1. The molecule has 0 saturated carbocycles. The van der Waals surface area contributed by atoms with Gasteiger partial charge in [0.2, 0.25) is 0 Å². The first-order chi connectivity index (χ1) is 4.65. The number of nitrogens with one attached hydrogen (secondary N) is 1. The fourth-order valence-electron chi connectivity index (χ4n) is 0.864. The van der Waals surface area contributed by atoms with Gasteiger partial charge in [-0.2, -0.15) is 0 Å². The van der Waals surface area contributed by atoms with Gasteiger partial charge in [0, 0.05) is 6.54 Å². The molecule has 0 bridgehead atoms. The third-order valence-electron chi connectivity index (χ3n) is 1.62. The Labute approximate surface area is 59.2 Å². The van der Waals surface area contributed by atoms with E-state index in [0.717, 1.165) is 0 Å². The average molecular weight is 145 g/mol. The summed E-state index contributed by atoms with van der Waals surface area (Å²) in [5.74, 6) is -0.854. The van der Waals surface area contributed by atoms with Gasteiger partial charge in [-0.25, -0.2) is 0 Å². The summed E-state index contributed by atoms with van der Waals surface area (Å²) >= 11 is 0. The summed E-state index contributed by atoms with van der Waals surface area (Å²) < 4.78 is 5.00. The molecule has 0 aromatic carbocycles. The molecule has 0 aromatic heterocycles. The van der Waals surface area contributed by atoms with Gasteiger partial charge in [0.25, 0.3) is 0 Å². The lowest BCUT2D eigenvalue weighted by Gasteiger charge is -2.30. The van der Waals surface area contributed by atoms with Crippen molar-refractivity contribution in [2.45, 2.75) is 12.5 Å². The summed E-state index contributed by atoms with van der Waals surface area (Å²) in [4.78, 5) is 10.5. The minimum Gasteiger partial charge on any atom is -0.480 e. The van der Waals surface area contributed by atoms with E-state index in [-0.39, 0.29) is 6.61 Å². The molecule has 58 valence electrons. The highest BCUT2D eigenvalue weighted by Crippen LogP contribution is 2.07. The second-order valence-electron chi connectivity index (χ2n) is 2.62. The molecule has 4 nitrogen and oxygen atoms in total. The molecule has 1 fully saturated rings. The van der Waals surface area contributed by atoms with Crippen molar-refractivity contribution in [2.75, 3.05) is 19.8 Å². The van der Waals surface area contributed by atoms with Crippen LogP contribution in [0.5, 0.6) is 0 Å². The Hall–Kier alpha value is -0.610. The summed E-state index contributed by atoms with van der Waals surface area (Å²) in [6, 6.07) is 0. The molecule has 2 N–H and O–H groups in total. The van der Waals surface area contributed by atoms with Gasteiger partial charge in [0.05, 0.1) is 13.2 Å². The van der Waals surface area contributed by atoms with Gasteiger partial charge in [0.1, 0.15) is 5.54 Å². The van der Waals surface area contributed by atoms with E-state index in [9.17, 15) is 4.79 Å². The first kappa shape index (κ1) is 7.50. The Balaban J connectivity index is 2.56. The van der Waals surface area contributed by atoms with Crippen LogP contribution in [0.15, 0.2) is 0 Å². The van der Waals surface area contributed by atoms with Gasteiger partial charge >= 0.3 is 5.97 Å². The smallest absolute Gasteiger partial charge is 0.326 e. The van der Waals surface area contributed by atoms with E-state index in [1.807, 2.05) is 0 Å². The van der Waals surface area contributed by atoms with E-state index in [2.05, 4.69) is 5.32 Å². The quantitative estimate of drug-likeness (QED) is 0.519. The van der Waals surface area contributed by atoms with Crippen LogP contribution < -0.4 is 5.32 Å². The summed E-state index contributed by atoms with van der Waals surface area (Å²) in [6.07, 6.45) is 0. The molecule has 0 amide bonds. The molecule has 1 aliphatic heterocycles. The minimum absolute atomic E-state index is 0.252. The van der Waals surface area contributed by atoms with Crippen LogP contribution in [0, 0.1) is 0 Å². The number of rotatable bonds is 1. The number of morpholine rings is 1. The van der Waals surface area contributed by atoms with Crippen molar-refractivity contribution in [3.05, 3.63) is 0 Å². The molecule has 10 heavy (non-hydrogen) atoms. The van der Waals surface area contributed by atoms with Gasteiger partial charge in [-0.05, 0) is 6.92 Å². The second-order valence-corrected chi connectivity index (χ2v) is 2.62. The summed E-state index contributed by atoms with van der Waals surface area (Å²) in [6.45, 7) is 3.09. The van der Waals surface area contributed by atoms with Crippen LogP contribution in [0.25, 0.3) is 0 Å². The number of aliphatic carboxylic acids is 1. The van der Waals surface area contributed by atoms with Gasteiger partial charge in [-0.3, -0.25) is 10.1 Å². The van der Waals surface area contributed by atoms with Gasteiger partial charge in [-0.15, -0.1) is 0 Å². The maximum atomic E-state index is 10.5. The lowest BCUT2D eigenvalue weighted by atomic mass is 10.0. The van der Waals surface area contributed by atoms with E-state index in [0.29, 0.717) is 13.2 Å². The van der Waals surface area contributed by atoms with Crippen molar-refractivity contribution in [2.24, 2.45) is 0 Å². The molecule has 1 aliphatic rings. The van der Waals surface area contributed by atoms with Gasteiger partial charge in [-0.1, -0.05) is 0 Å². The van der Waals surface area contributed by atoms with Crippen LogP contribution in [-0.2, 0) is 9.53 Å². The number of carbonyl (C=O) groups is 1. The predicted octanol–water partition coefficient (Wildman–Crippen LogP) is -0.550. The molecule has 1 saturated heterocycles. The molecular weight excluding hydrogens is 134 g/mol. The van der Waals surface area contributed by atoms with E-state index in [1.54, 1.807) is 6.92 Å². The monoisotopic (exact) mass is 145 g/mol. The number of ether oxygens (including phenoxy) is 1. The van der Waals surface area contributed by atoms with Crippen molar-refractivity contribution in [1.29, 1.82) is 0 Å². The Morgan fingerprint density at radius 3 is 2.80 bits per heavy atom. The van der Waals surface area contributed by atoms with Crippen LogP contribution in [0.4, 0.5) is 0 Å². The lowest BCUT2D eigenvalue weighted by molar-refractivity contribution is -0.149. The Morgan fingerprint density at radius 2 is 2.50 bits per heavy atom. The van der Waals surface area contributed by atoms with Gasteiger partial charge in [0.15, 0.2) is 0 Å². The Morgan fingerprint density at radius 1 is 1.80 bits per heavy atom. The van der Waals surface area contributed by atoms with E-state index >= 15 is 0 Å². The SMILES string of the molecule is C[C@]1(C(=O)O)COCCN1. The third-order valence-corrected chi connectivity index (χ3v) is 1.62. The summed E-state index contributed by atoms with van der Waals surface area (Å²) in [7, 11) is 0. The van der Waals surface area contributed by atoms with Crippen molar-refractivity contribution < 1.29 is 14.6 Å². The van der Waals surface area contributed by atoms with E-state index < -0.39 is 11.5 Å². The van der Waals surface area contributed by atoms with Crippen LogP contribution in [0.2, 0.25) is 0 Å². The third kappa shape index (κ3) is 1.27. The normalized spacial score (nSPS) is 33.7. The lowest BCUT2D eigenvalue weighted by Crippen LogP contribution is -2.57. The van der Waals surface area contributed by atoms with Gasteiger partial charge < -0.3 is 9.84 Å². The zero-order valence-corrected chi connectivity index (χ0v) is 5.89. The number of carboxylic acid groups (broad SMARTS) is 1. The predicted molar refractivity (Wildman–Crippen MR) is 34.9 cm³/mol. The molecule has 1 rings (SSSR count). The first-order valence-corrected chi connectivity index (χ1v) is 3.21. The standard InChI is InChI=1S/C6H11NO3/c1-6(5(8)9)4-10-3-2-7-6/h7H,2-4H2,1H3,(H,8,9)/t6-/m1/s1. The molecule has 1 heterocycles. The van der Waals surface area contributed by atoms with Crippen LogP contribution in [0.3, 0.4) is 0 Å². The highest BCUT2D eigenvalue weighted by molar-refractivity contribution is 5.78. The Bertz CT molecular complexity index is 140. The average Bonchev–Trinajstić information content (AvgIpc) is 1.89. The number of hydrogen-bond acceptors (Lipinski definition) is 3. The molecule has 4 heteroatoms. The largest absolute Gasteiger partial charge is 0.480 e. The van der Waals surface area contributed by atoms with Crippen LogP contribution in [0.1, 0.15) is 6.92 Å². The highest BCUT2D eigenvalue weighted by atomic mass is 16.5. The topological polar surface area (TPSA) is 58.6 Å². The molecule has 0 spiro atoms. The minimum atomic E-state index is -0.877. The zero-order valence-electron chi connectivity index (χ0n) is 5.89. The fraction of sp³-hybridized carbons (Fsp3) is 0.833. The van der Waals surface area contributed by atoms with Crippen LogP contribution >= 0.6 is 0 Å². The van der Waals surface area contributed by atoms with Crippen molar-refractivity contribution in [3.8, 4) is 0 Å². The van der Waals surface area contributed by atoms with Crippen molar-refractivity contribution in [1.82, 2.24) is 5.32 Å². The molecule has 0 aliphatic carbocycles. The van der Waals surface area contributed by atoms with E-state index in [1.165, 1.54) is 0 Å². The summed E-state index contributed by atoms with van der Waals surface area (Å²) in [5, 5.41) is 11.5. The molecular formula is C6H11NO3. The maximum Gasteiger partial charge on any atom is 0.326 e. The first-order valence-electron chi connectivity index (χ1n) is 3.21. The molecule has 1 atom stereocenters. The molecule has 0 radical (unpaired) electrons. The Kier molecular flexibility index (Phi) is 1.92. The van der Waals surface area contributed by atoms with Crippen molar-refractivity contribution >= 4 is 5.97 Å². The highest BCUT2D eigenvalue weighted by Gasteiger charge is 2.34. The summed E-state index contributed by atoms with van der Waals surface area (Å²) in [5.41, 5.74) is -0.877. The number of hydrogen-bond donors (Lipinski definition) is 2. The molecule has 0 unspecified atom stereocenters. The van der Waals surface area contributed by atoms with Crippen LogP contribution in [-0.4, -0.2) is 36.4 Å². The zero-order chi connectivity index (χ0) is 7.61. The second kappa shape index (κ2) is 2.56. The van der Waals surface area contributed by atoms with Crippen molar-refractivity contribution in [3.63, 3.8) is 0 Å². The molecule has 0 aromatic rings. The van der Waals surface area contributed by atoms with E-state index in [4.69, 9.17) is 9.84 Å².